The van der Waals surface area contributed by atoms with Crippen molar-refractivity contribution in [2.75, 3.05) is 13.1 Å². The number of halogens is 1. The number of hydrogen-bond acceptors (Lipinski definition) is 3. The second-order valence-corrected chi connectivity index (χ2v) is 10.2. The van der Waals surface area contributed by atoms with Crippen LogP contribution in [0.2, 0.25) is 0 Å². The maximum Gasteiger partial charge on any atom is 0.244 e. The minimum Gasteiger partial charge on any atom is -0.340 e. The molecule has 2 aliphatic heterocycles. The summed E-state index contributed by atoms with van der Waals surface area (Å²) in [6.45, 7) is 0.906. The maximum absolute atomic E-state index is 13.5. The van der Waals surface area contributed by atoms with Gasteiger partial charge in [-0.1, -0.05) is 60.7 Å². The molecule has 0 aliphatic carbocycles. The van der Waals surface area contributed by atoms with Crippen LogP contribution in [-0.2, 0) is 33.3 Å². The molecule has 1 spiro atoms. The van der Waals surface area contributed by atoms with Crippen molar-refractivity contribution < 1.29 is 17.6 Å². The molecule has 3 aromatic carbocycles. The van der Waals surface area contributed by atoms with Crippen LogP contribution in [0.4, 0.5) is 4.39 Å². The van der Waals surface area contributed by atoms with E-state index < -0.39 is 15.6 Å². The van der Waals surface area contributed by atoms with Crippen molar-refractivity contribution in [3.8, 4) is 0 Å². The fraction of sp³-hybridized carbons (Fsp3) is 0.240. The first-order valence-corrected chi connectivity index (χ1v) is 12.0. The normalized spacial score (nSPS) is 21.7. The number of rotatable bonds is 4. The number of fused-ring (bicyclic) bond motifs is 2. The summed E-state index contributed by atoms with van der Waals surface area (Å²) in [5.41, 5.74) is 1.55. The van der Waals surface area contributed by atoms with E-state index in [4.69, 9.17) is 0 Å². The Balaban J connectivity index is 1.49. The molecule has 5 nitrogen and oxygen atoms in total. The zero-order valence-corrected chi connectivity index (χ0v) is 18.3. The van der Waals surface area contributed by atoms with Gasteiger partial charge in [0.05, 0.1) is 16.9 Å². The first-order chi connectivity index (χ1) is 15.4. The molecule has 1 saturated heterocycles. The van der Waals surface area contributed by atoms with Crippen LogP contribution in [-0.4, -0.2) is 36.6 Å². The smallest absolute Gasteiger partial charge is 0.244 e. The predicted molar refractivity (Wildman–Crippen MR) is 119 cm³/mol. The van der Waals surface area contributed by atoms with E-state index in [9.17, 15) is 17.6 Å². The number of likely N-dealkylation sites (tertiary alicyclic amines) is 1. The summed E-state index contributed by atoms with van der Waals surface area (Å²) < 4.78 is 42.0. The van der Waals surface area contributed by atoms with E-state index >= 15 is 0 Å². The Hall–Kier alpha value is -3.03. The Morgan fingerprint density at radius 3 is 2.34 bits per heavy atom. The quantitative estimate of drug-likeness (QED) is 0.609. The fourth-order valence-corrected chi connectivity index (χ4v) is 6.91. The van der Waals surface area contributed by atoms with Gasteiger partial charge in [0.1, 0.15) is 5.82 Å². The first-order valence-electron chi connectivity index (χ1n) is 10.6. The van der Waals surface area contributed by atoms with E-state index in [0.29, 0.717) is 30.0 Å². The van der Waals surface area contributed by atoms with Gasteiger partial charge in [-0.2, -0.15) is 4.31 Å². The molecule has 0 bridgehead atoms. The molecule has 164 valence electrons. The van der Waals surface area contributed by atoms with Gasteiger partial charge in [0.25, 0.3) is 0 Å². The van der Waals surface area contributed by atoms with Crippen LogP contribution in [0.15, 0.2) is 83.8 Å². The second kappa shape index (κ2) is 7.83. The van der Waals surface area contributed by atoms with Crippen molar-refractivity contribution in [2.24, 2.45) is 0 Å². The molecule has 5 rings (SSSR count). The lowest BCUT2D eigenvalue weighted by Gasteiger charge is -2.34. The maximum atomic E-state index is 13.5. The van der Waals surface area contributed by atoms with Gasteiger partial charge in [-0.25, -0.2) is 12.8 Å². The van der Waals surface area contributed by atoms with Crippen molar-refractivity contribution in [1.29, 1.82) is 0 Å². The van der Waals surface area contributed by atoms with Crippen LogP contribution in [0.1, 0.15) is 23.1 Å². The largest absolute Gasteiger partial charge is 0.340 e. The van der Waals surface area contributed by atoms with Crippen LogP contribution in [0.3, 0.4) is 0 Å². The molecule has 0 unspecified atom stereocenters. The molecular weight excluding hydrogens is 427 g/mol. The van der Waals surface area contributed by atoms with Crippen LogP contribution in [0.25, 0.3) is 0 Å². The molecule has 1 atom stereocenters. The van der Waals surface area contributed by atoms with Crippen molar-refractivity contribution in [1.82, 2.24) is 9.21 Å². The number of amides is 1. The van der Waals surface area contributed by atoms with Crippen molar-refractivity contribution in [3.63, 3.8) is 0 Å². The highest BCUT2D eigenvalue weighted by atomic mass is 32.2. The minimum absolute atomic E-state index is 0.0170. The molecule has 2 aliphatic rings. The number of hydrogen-bond donors (Lipinski definition) is 0. The Bertz CT molecular complexity index is 1260. The van der Waals surface area contributed by atoms with E-state index in [0.717, 1.165) is 11.1 Å². The summed E-state index contributed by atoms with van der Waals surface area (Å²) >= 11 is 0. The number of nitrogens with zero attached hydrogens (tertiary/aromatic N) is 2. The second-order valence-electron chi connectivity index (χ2n) is 8.39. The summed E-state index contributed by atoms with van der Waals surface area (Å²) in [6.07, 6.45) is 0.800. The highest BCUT2D eigenvalue weighted by molar-refractivity contribution is 7.89. The molecule has 0 radical (unpaired) electrons. The first kappa shape index (κ1) is 20.8. The van der Waals surface area contributed by atoms with Crippen LogP contribution in [0, 0.1) is 5.82 Å². The van der Waals surface area contributed by atoms with Gasteiger partial charge in [-0.3, -0.25) is 4.79 Å². The van der Waals surface area contributed by atoms with E-state index in [1.807, 2.05) is 42.5 Å². The third-order valence-electron chi connectivity index (χ3n) is 6.47. The number of benzene rings is 3. The van der Waals surface area contributed by atoms with Gasteiger partial charge in [0, 0.05) is 19.6 Å². The highest BCUT2D eigenvalue weighted by Crippen LogP contribution is 2.50. The monoisotopic (exact) mass is 450 g/mol. The average Bonchev–Trinajstić information content (AvgIpc) is 3.32. The fourth-order valence-electron chi connectivity index (χ4n) is 4.86. The van der Waals surface area contributed by atoms with E-state index in [1.165, 1.54) is 16.4 Å². The molecule has 3 aromatic rings. The Morgan fingerprint density at radius 1 is 0.906 bits per heavy atom. The van der Waals surface area contributed by atoms with Gasteiger partial charge < -0.3 is 4.90 Å². The summed E-state index contributed by atoms with van der Waals surface area (Å²) in [6, 6.07) is 22.5. The topological polar surface area (TPSA) is 57.7 Å². The predicted octanol–water partition coefficient (Wildman–Crippen LogP) is 3.70. The van der Waals surface area contributed by atoms with Gasteiger partial charge in [0.15, 0.2) is 0 Å². The molecule has 1 fully saturated rings. The lowest BCUT2D eigenvalue weighted by Crippen LogP contribution is -2.46. The average molecular weight is 451 g/mol. The molecule has 32 heavy (non-hydrogen) atoms. The van der Waals surface area contributed by atoms with Crippen LogP contribution in [0.5, 0.6) is 0 Å². The number of carbonyl (C=O) groups is 1. The number of sulfonamides is 1. The zero-order chi connectivity index (χ0) is 22.3. The van der Waals surface area contributed by atoms with E-state index in [2.05, 4.69) is 0 Å². The molecular formula is C25H23FN2O3S. The lowest BCUT2D eigenvalue weighted by molar-refractivity contribution is -0.129. The summed E-state index contributed by atoms with van der Waals surface area (Å²) in [5, 5.41) is 0. The third kappa shape index (κ3) is 3.42. The van der Waals surface area contributed by atoms with Crippen LogP contribution >= 0.6 is 0 Å². The number of carbonyl (C=O) groups excluding carboxylic acids is 1. The Kier molecular flexibility index (Phi) is 5.10. The Labute approximate surface area is 187 Å². The summed E-state index contributed by atoms with van der Waals surface area (Å²) in [4.78, 5) is 15.1. The third-order valence-corrected chi connectivity index (χ3v) is 8.44. The van der Waals surface area contributed by atoms with Crippen molar-refractivity contribution in [2.45, 2.75) is 29.8 Å². The molecule has 1 amide bonds. The van der Waals surface area contributed by atoms with E-state index in [1.54, 1.807) is 29.2 Å². The molecule has 2 heterocycles. The molecule has 0 saturated carbocycles. The van der Waals surface area contributed by atoms with Gasteiger partial charge in [-0.15, -0.1) is 0 Å². The van der Waals surface area contributed by atoms with Crippen LogP contribution < -0.4 is 0 Å². The zero-order valence-electron chi connectivity index (χ0n) is 17.4. The summed E-state index contributed by atoms with van der Waals surface area (Å²) in [7, 11) is -3.75. The van der Waals surface area contributed by atoms with Crippen molar-refractivity contribution in [3.05, 3.63) is 101 Å². The van der Waals surface area contributed by atoms with Gasteiger partial charge in [0.2, 0.25) is 15.9 Å². The highest BCUT2D eigenvalue weighted by Gasteiger charge is 2.57. The van der Waals surface area contributed by atoms with E-state index in [-0.39, 0.29) is 24.7 Å². The van der Waals surface area contributed by atoms with Crippen molar-refractivity contribution >= 4 is 15.9 Å². The minimum atomic E-state index is -3.75. The molecule has 0 aromatic heterocycles. The Morgan fingerprint density at radius 2 is 1.59 bits per heavy atom. The molecule has 0 N–H and O–H groups in total. The molecule has 7 heteroatoms. The standard InChI is InChI=1S/C25H23FN2O3S/c26-21-12-10-20(11-13-21)17-28-25(22-8-4-5-9-23(22)32(28,30)31)14-15-27(18-25)24(29)16-19-6-2-1-3-7-19/h1-13H,14-18H2/t25-/m1/s1. The lowest BCUT2D eigenvalue weighted by atomic mass is 9.88. The van der Waals surface area contributed by atoms with Gasteiger partial charge >= 0.3 is 0 Å². The van der Waals surface area contributed by atoms with Gasteiger partial charge in [-0.05, 0) is 41.3 Å². The SMILES string of the molecule is O=C(Cc1ccccc1)N1CC[C@@]2(C1)c1ccccc1S(=O)(=O)N2Cc1ccc(F)cc1. The summed E-state index contributed by atoms with van der Waals surface area (Å²) in [5.74, 6) is -0.383.